The van der Waals surface area contributed by atoms with E-state index in [0.717, 1.165) is 31.5 Å². The van der Waals surface area contributed by atoms with Gasteiger partial charge in [0, 0.05) is 25.9 Å². The second-order valence-electron chi connectivity index (χ2n) is 5.25. The largest absolute Gasteiger partial charge is 0.398 e. The Morgan fingerprint density at radius 1 is 1.53 bits per heavy atom. The predicted octanol–water partition coefficient (Wildman–Crippen LogP) is 2.08. The third-order valence-electron chi connectivity index (χ3n) is 3.76. The van der Waals surface area contributed by atoms with Gasteiger partial charge in [-0.2, -0.15) is 0 Å². The van der Waals surface area contributed by atoms with Gasteiger partial charge < -0.3 is 15.4 Å². The first kappa shape index (κ1) is 13.9. The van der Waals surface area contributed by atoms with Crippen LogP contribution in [0.2, 0.25) is 0 Å². The smallest absolute Gasteiger partial charge is 0.255 e. The topological polar surface area (TPSA) is 55.6 Å². The minimum absolute atomic E-state index is 0.0435. The molecule has 1 aromatic carbocycles. The van der Waals surface area contributed by atoms with E-state index >= 15 is 0 Å². The number of nitrogen functional groups attached to an aromatic ring is 1. The Morgan fingerprint density at radius 3 is 3.05 bits per heavy atom. The first-order valence-electron chi connectivity index (χ1n) is 6.76. The number of benzene rings is 1. The lowest BCUT2D eigenvalue weighted by Crippen LogP contribution is -2.41. The lowest BCUT2D eigenvalue weighted by Gasteiger charge is -2.32. The number of nitrogens with two attached hydrogens (primary N) is 1. The minimum Gasteiger partial charge on any atom is -0.398 e. The molecule has 0 bridgehead atoms. The molecule has 1 saturated heterocycles. The first-order valence-corrected chi connectivity index (χ1v) is 6.76. The van der Waals surface area contributed by atoms with Crippen LogP contribution < -0.4 is 5.73 Å². The van der Waals surface area contributed by atoms with E-state index in [2.05, 4.69) is 0 Å². The number of nitrogens with zero attached hydrogens (tertiary/aromatic N) is 1. The molecule has 1 fully saturated rings. The van der Waals surface area contributed by atoms with Crippen molar-refractivity contribution in [2.75, 3.05) is 32.5 Å². The van der Waals surface area contributed by atoms with Gasteiger partial charge in [0.15, 0.2) is 0 Å². The Kier molecular flexibility index (Phi) is 4.43. The van der Waals surface area contributed by atoms with Crippen LogP contribution in [0.3, 0.4) is 0 Å². The minimum atomic E-state index is 0.0435. The lowest BCUT2D eigenvalue weighted by molar-refractivity contribution is 0.0572. The number of piperidine rings is 1. The highest BCUT2D eigenvalue weighted by Crippen LogP contribution is 2.22. The molecule has 2 N–H and O–H groups in total. The number of hydrogen-bond donors (Lipinski definition) is 1. The highest BCUT2D eigenvalue weighted by Gasteiger charge is 2.25. The van der Waals surface area contributed by atoms with E-state index in [1.807, 2.05) is 30.0 Å². The fourth-order valence-corrected chi connectivity index (χ4v) is 2.66. The third kappa shape index (κ3) is 3.07. The molecule has 1 unspecified atom stereocenters. The van der Waals surface area contributed by atoms with Crippen molar-refractivity contribution in [3.05, 3.63) is 29.3 Å². The van der Waals surface area contributed by atoms with Crippen molar-refractivity contribution in [2.45, 2.75) is 19.8 Å². The number of carbonyl (C=O) groups is 1. The van der Waals surface area contributed by atoms with Crippen LogP contribution in [0.5, 0.6) is 0 Å². The summed E-state index contributed by atoms with van der Waals surface area (Å²) >= 11 is 0. The Morgan fingerprint density at radius 2 is 2.32 bits per heavy atom. The number of likely N-dealkylation sites (tertiary alicyclic amines) is 1. The van der Waals surface area contributed by atoms with Gasteiger partial charge >= 0.3 is 0 Å². The van der Waals surface area contributed by atoms with Gasteiger partial charge in [-0.05, 0) is 37.3 Å². The van der Waals surface area contributed by atoms with Crippen molar-refractivity contribution in [1.29, 1.82) is 0 Å². The van der Waals surface area contributed by atoms with Gasteiger partial charge in [0.1, 0.15) is 0 Å². The number of ether oxygens (including phenoxy) is 1. The van der Waals surface area contributed by atoms with E-state index in [0.29, 0.717) is 23.8 Å². The van der Waals surface area contributed by atoms with Gasteiger partial charge in [0.05, 0.1) is 12.2 Å². The van der Waals surface area contributed by atoms with Crippen LogP contribution in [-0.2, 0) is 4.74 Å². The third-order valence-corrected chi connectivity index (χ3v) is 3.76. The van der Waals surface area contributed by atoms with Gasteiger partial charge in [-0.25, -0.2) is 0 Å². The molecule has 104 valence electrons. The van der Waals surface area contributed by atoms with Gasteiger partial charge in [-0.15, -0.1) is 0 Å². The Hall–Kier alpha value is -1.55. The number of rotatable bonds is 3. The molecule has 19 heavy (non-hydrogen) atoms. The number of methoxy groups -OCH3 is 1. The average molecular weight is 262 g/mol. The molecule has 1 atom stereocenters. The molecule has 1 aliphatic rings. The molecule has 1 aliphatic heterocycles. The standard InChI is InChI=1S/C15H22N2O2/c1-11-5-3-7-13(14(11)16)15(18)17-8-4-6-12(9-17)10-19-2/h3,5,7,12H,4,6,8-10,16H2,1-2H3. The van der Waals surface area contributed by atoms with Crippen LogP contribution in [-0.4, -0.2) is 37.6 Å². The van der Waals surface area contributed by atoms with Crippen LogP contribution in [0.15, 0.2) is 18.2 Å². The van der Waals surface area contributed by atoms with Gasteiger partial charge in [-0.3, -0.25) is 4.79 Å². The van der Waals surface area contributed by atoms with E-state index in [1.165, 1.54) is 0 Å². The number of carbonyl (C=O) groups excluding carboxylic acids is 1. The molecule has 1 aromatic rings. The van der Waals surface area contributed by atoms with Gasteiger partial charge in [0.2, 0.25) is 0 Å². The molecule has 1 amide bonds. The van der Waals surface area contributed by atoms with Crippen molar-refractivity contribution in [2.24, 2.45) is 5.92 Å². The van der Waals surface area contributed by atoms with Crippen molar-refractivity contribution >= 4 is 11.6 Å². The highest BCUT2D eigenvalue weighted by molar-refractivity contribution is 5.99. The quantitative estimate of drug-likeness (QED) is 0.848. The summed E-state index contributed by atoms with van der Waals surface area (Å²) in [5.41, 5.74) is 8.19. The van der Waals surface area contributed by atoms with E-state index in [-0.39, 0.29) is 5.91 Å². The molecule has 0 aromatic heterocycles. The van der Waals surface area contributed by atoms with Crippen molar-refractivity contribution < 1.29 is 9.53 Å². The summed E-state index contributed by atoms with van der Waals surface area (Å²) < 4.78 is 5.20. The Bertz CT molecular complexity index is 457. The summed E-state index contributed by atoms with van der Waals surface area (Å²) in [6, 6.07) is 5.62. The fraction of sp³-hybridized carbons (Fsp3) is 0.533. The normalized spacial score (nSPS) is 19.5. The zero-order chi connectivity index (χ0) is 13.8. The molecular weight excluding hydrogens is 240 g/mol. The van der Waals surface area contributed by atoms with Crippen molar-refractivity contribution in [1.82, 2.24) is 4.90 Å². The molecule has 0 spiro atoms. The molecular formula is C15H22N2O2. The van der Waals surface area contributed by atoms with Crippen LogP contribution in [0.4, 0.5) is 5.69 Å². The number of aryl methyl sites for hydroxylation is 1. The molecule has 0 radical (unpaired) electrons. The Labute approximate surface area is 114 Å². The maximum atomic E-state index is 12.5. The Balaban J connectivity index is 2.12. The molecule has 1 heterocycles. The summed E-state index contributed by atoms with van der Waals surface area (Å²) in [5.74, 6) is 0.482. The van der Waals surface area contributed by atoms with Crippen LogP contribution in [0, 0.1) is 12.8 Å². The lowest BCUT2D eigenvalue weighted by atomic mass is 9.97. The number of amides is 1. The molecule has 4 nitrogen and oxygen atoms in total. The number of hydrogen-bond acceptors (Lipinski definition) is 3. The van der Waals surface area contributed by atoms with E-state index in [1.54, 1.807) is 7.11 Å². The summed E-state index contributed by atoms with van der Waals surface area (Å²) in [6.07, 6.45) is 2.16. The van der Waals surface area contributed by atoms with Crippen LogP contribution in [0.25, 0.3) is 0 Å². The summed E-state index contributed by atoms with van der Waals surface area (Å²) in [5, 5.41) is 0. The van der Waals surface area contributed by atoms with Gasteiger partial charge in [-0.1, -0.05) is 12.1 Å². The van der Waals surface area contributed by atoms with E-state index < -0.39 is 0 Å². The second kappa shape index (κ2) is 6.06. The molecule has 4 heteroatoms. The maximum absolute atomic E-state index is 12.5. The molecule has 2 rings (SSSR count). The zero-order valence-electron chi connectivity index (χ0n) is 11.7. The second-order valence-corrected chi connectivity index (χ2v) is 5.25. The SMILES string of the molecule is COCC1CCCN(C(=O)c2cccc(C)c2N)C1. The monoisotopic (exact) mass is 262 g/mol. The molecule has 0 saturated carbocycles. The summed E-state index contributed by atoms with van der Waals surface area (Å²) in [7, 11) is 1.71. The zero-order valence-corrected chi connectivity index (χ0v) is 11.7. The fourth-order valence-electron chi connectivity index (χ4n) is 2.66. The van der Waals surface area contributed by atoms with E-state index in [9.17, 15) is 4.79 Å². The number of anilines is 1. The average Bonchev–Trinajstić information content (AvgIpc) is 2.42. The highest BCUT2D eigenvalue weighted by atomic mass is 16.5. The summed E-state index contributed by atoms with van der Waals surface area (Å²) in [4.78, 5) is 14.4. The van der Waals surface area contributed by atoms with Crippen molar-refractivity contribution in [3.8, 4) is 0 Å². The van der Waals surface area contributed by atoms with Gasteiger partial charge in [0.25, 0.3) is 5.91 Å². The first-order chi connectivity index (χ1) is 9.13. The van der Waals surface area contributed by atoms with E-state index in [4.69, 9.17) is 10.5 Å². The molecule has 0 aliphatic carbocycles. The van der Waals surface area contributed by atoms with Crippen LogP contribution in [0.1, 0.15) is 28.8 Å². The predicted molar refractivity (Wildman–Crippen MR) is 76.1 cm³/mol. The van der Waals surface area contributed by atoms with Crippen LogP contribution >= 0.6 is 0 Å². The maximum Gasteiger partial charge on any atom is 0.255 e. The van der Waals surface area contributed by atoms with Crippen molar-refractivity contribution in [3.63, 3.8) is 0 Å². The number of para-hydroxylation sites is 1. The summed E-state index contributed by atoms with van der Waals surface area (Å²) in [6.45, 7) is 4.22.